The average molecular weight is 645 g/mol. The van der Waals surface area contributed by atoms with Crippen molar-refractivity contribution in [2.45, 2.75) is 84.0 Å². The van der Waals surface area contributed by atoms with Crippen molar-refractivity contribution in [3.8, 4) is 44.5 Å². The van der Waals surface area contributed by atoms with Crippen LogP contribution in [0.1, 0.15) is 94.5 Å². The van der Waals surface area contributed by atoms with Crippen molar-refractivity contribution < 1.29 is 9.53 Å². The van der Waals surface area contributed by atoms with Crippen LogP contribution in [0.5, 0.6) is 0 Å². The zero-order valence-electron chi connectivity index (χ0n) is 29.8. The Hall–Kier alpha value is -4.69. The van der Waals surface area contributed by atoms with Crippen LogP contribution in [0, 0.1) is 0 Å². The summed E-state index contributed by atoms with van der Waals surface area (Å²) in [7, 11) is 0. The molecule has 0 bridgehead atoms. The first-order valence-corrected chi connectivity index (χ1v) is 18.3. The SMILES string of the molecule is C=C(C)C(=O)OCCCc1ccc(-c2ccc3c(c2)C(CC)(CC)c2cc(-c4ccc5c(c4)C(CC)(CC)c4ccccc4-5)ccc2-3)cc1. The van der Waals surface area contributed by atoms with Crippen LogP contribution in [-0.2, 0) is 26.8 Å². The molecule has 0 saturated heterocycles. The van der Waals surface area contributed by atoms with Crippen molar-refractivity contribution in [1.29, 1.82) is 0 Å². The van der Waals surface area contributed by atoms with Gasteiger partial charge >= 0.3 is 5.97 Å². The molecule has 0 heterocycles. The van der Waals surface area contributed by atoms with Gasteiger partial charge in [-0.05, 0) is 136 Å². The minimum Gasteiger partial charge on any atom is -0.462 e. The molecular formula is C47H48O2. The smallest absolute Gasteiger partial charge is 0.333 e. The summed E-state index contributed by atoms with van der Waals surface area (Å²) in [6.45, 7) is 15.1. The van der Waals surface area contributed by atoms with Gasteiger partial charge in [-0.15, -0.1) is 0 Å². The minimum absolute atomic E-state index is 0.0264. The summed E-state index contributed by atoms with van der Waals surface area (Å²) in [4.78, 5) is 11.7. The Morgan fingerprint density at radius 3 is 1.49 bits per heavy atom. The molecular weight excluding hydrogens is 597 g/mol. The van der Waals surface area contributed by atoms with Gasteiger partial charge in [-0.2, -0.15) is 0 Å². The van der Waals surface area contributed by atoms with Crippen LogP contribution in [0.25, 0.3) is 44.5 Å². The van der Waals surface area contributed by atoms with Crippen LogP contribution in [0.15, 0.2) is 115 Å². The van der Waals surface area contributed by atoms with E-state index >= 15 is 0 Å². The Kier molecular flexibility index (Phi) is 8.69. The number of carbonyl (C=O) groups excluding carboxylic acids is 1. The molecule has 2 heteroatoms. The fraction of sp³-hybridized carbons (Fsp3) is 0.298. The van der Waals surface area contributed by atoms with Gasteiger partial charge in [0.15, 0.2) is 0 Å². The number of ether oxygens (including phenoxy) is 1. The van der Waals surface area contributed by atoms with Gasteiger partial charge in [0, 0.05) is 16.4 Å². The van der Waals surface area contributed by atoms with Gasteiger partial charge in [0.1, 0.15) is 0 Å². The van der Waals surface area contributed by atoms with Crippen molar-refractivity contribution in [2.75, 3.05) is 6.61 Å². The van der Waals surface area contributed by atoms with Gasteiger partial charge in [-0.3, -0.25) is 0 Å². The Morgan fingerprint density at radius 1 is 0.571 bits per heavy atom. The van der Waals surface area contributed by atoms with E-state index < -0.39 is 0 Å². The lowest BCUT2D eigenvalue weighted by atomic mass is 9.72. The molecule has 7 rings (SSSR count). The molecule has 5 aromatic rings. The molecule has 0 aromatic heterocycles. The van der Waals surface area contributed by atoms with Crippen molar-refractivity contribution >= 4 is 5.97 Å². The highest BCUT2D eigenvalue weighted by atomic mass is 16.5. The van der Waals surface area contributed by atoms with Gasteiger partial charge < -0.3 is 4.74 Å². The van der Waals surface area contributed by atoms with E-state index in [1.807, 2.05) is 0 Å². The third-order valence-electron chi connectivity index (χ3n) is 11.9. The number of carbonyl (C=O) groups is 1. The molecule has 0 amide bonds. The Labute approximate surface area is 292 Å². The van der Waals surface area contributed by atoms with E-state index in [4.69, 9.17) is 4.74 Å². The van der Waals surface area contributed by atoms with Crippen LogP contribution in [-0.4, -0.2) is 12.6 Å². The molecule has 0 unspecified atom stereocenters. The summed E-state index contributed by atoms with van der Waals surface area (Å²) in [5, 5.41) is 0. The highest BCUT2D eigenvalue weighted by Gasteiger charge is 2.42. The first-order valence-electron chi connectivity index (χ1n) is 18.3. The maximum Gasteiger partial charge on any atom is 0.333 e. The van der Waals surface area contributed by atoms with E-state index in [0.29, 0.717) is 12.2 Å². The standard InChI is InChI=1S/C47H48O2/c1-7-46(8-2)41-16-12-11-15-37(41)38-25-22-35(29-42(38)46)36-23-26-40-39-24-21-34(28-43(39)47(9-3,10-4)44(40)30-36)33-19-17-32(18-20-33)14-13-27-49-45(48)31(5)6/h11-12,15-26,28-30H,5,7-10,13-14,27H2,1-4,6H3. The minimum atomic E-state index is -0.315. The third-order valence-corrected chi connectivity index (χ3v) is 11.9. The van der Waals surface area contributed by atoms with Crippen LogP contribution in [0.4, 0.5) is 0 Å². The predicted octanol–water partition coefficient (Wildman–Crippen LogP) is 12.2. The molecule has 5 aromatic carbocycles. The van der Waals surface area contributed by atoms with Crippen molar-refractivity contribution in [3.05, 3.63) is 143 Å². The van der Waals surface area contributed by atoms with Crippen LogP contribution < -0.4 is 0 Å². The quantitative estimate of drug-likeness (QED) is 0.0812. The monoisotopic (exact) mass is 644 g/mol. The first kappa shape index (κ1) is 32.8. The fourth-order valence-corrected chi connectivity index (χ4v) is 8.94. The second-order valence-corrected chi connectivity index (χ2v) is 14.1. The zero-order valence-corrected chi connectivity index (χ0v) is 29.8. The normalized spacial score (nSPS) is 14.5. The summed E-state index contributed by atoms with van der Waals surface area (Å²) in [5.74, 6) is -0.315. The molecule has 2 aliphatic carbocycles. The maximum absolute atomic E-state index is 11.7. The van der Waals surface area contributed by atoms with E-state index in [0.717, 1.165) is 38.5 Å². The molecule has 2 aliphatic rings. The van der Waals surface area contributed by atoms with Gasteiger partial charge in [-0.1, -0.05) is 119 Å². The third kappa shape index (κ3) is 5.28. The fourth-order valence-electron chi connectivity index (χ4n) is 8.94. The maximum atomic E-state index is 11.7. The van der Waals surface area contributed by atoms with E-state index in [9.17, 15) is 4.79 Å². The van der Waals surface area contributed by atoms with Crippen molar-refractivity contribution in [2.24, 2.45) is 0 Å². The summed E-state index contributed by atoms with van der Waals surface area (Å²) in [5.41, 5.74) is 18.3. The molecule has 0 saturated carbocycles. The highest BCUT2D eigenvalue weighted by Crippen LogP contribution is 2.56. The number of rotatable bonds is 11. The van der Waals surface area contributed by atoms with Gasteiger partial charge in [0.2, 0.25) is 0 Å². The lowest BCUT2D eigenvalue weighted by molar-refractivity contribution is -0.139. The predicted molar refractivity (Wildman–Crippen MR) is 205 cm³/mol. The van der Waals surface area contributed by atoms with Gasteiger partial charge in [0.25, 0.3) is 0 Å². The number of fused-ring (bicyclic) bond motifs is 6. The van der Waals surface area contributed by atoms with Crippen LogP contribution in [0.3, 0.4) is 0 Å². The zero-order chi connectivity index (χ0) is 34.3. The highest BCUT2D eigenvalue weighted by molar-refractivity contribution is 5.88. The Morgan fingerprint density at radius 2 is 1.00 bits per heavy atom. The molecule has 49 heavy (non-hydrogen) atoms. The van der Waals surface area contributed by atoms with Crippen LogP contribution in [0.2, 0.25) is 0 Å². The van der Waals surface area contributed by atoms with Gasteiger partial charge in [-0.25, -0.2) is 4.79 Å². The largest absolute Gasteiger partial charge is 0.462 e. The summed E-state index contributed by atoms with van der Waals surface area (Å²) in [6, 6.07) is 39.5. The van der Waals surface area contributed by atoms with E-state index in [1.165, 1.54) is 72.3 Å². The number of benzene rings is 5. The lowest BCUT2D eigenvalue weighted by Gasteiger charge is -2.31. The molecule has 2 nitrogen and oxygen atoms in total. The van der Waals surface area contributed by atoms with Crippen molar-refractivity contribution in [3.63, 3.8) is 0 Å². The average Bonchev–Trinajstić information content (AvgIpc) is 3.59. The number of hydrogen-bond acceptors (Lipinski definition) is 2. The summed E-state index contributed by atoms with van der Waals surface area (Å²) >= 11 is 0. The summed E-state index contributed by atoms with van der Waals surface area (Å²) < 4.78 is 5.27. The molecule has 0 radical (unpaired) electrons. The number of aryl methyl sites for hydroxylation is 1. The second-order valence-electron chi connectivity index (χ2n) is 14.1. The Bertz CT molecular complexity index is 2050. The second kappa shape index (κ2) is 13.0. The summed E-state index contributed by atoms with van der Waals surface area (Å²) in [6.07, 6.45) is 5.98. The molecule has 0 fully saturated rings. The van der Waals surface area contributed by atoms with Crippen LogP contribution >= 0.6 is 0 Å². The number of hydrogen-bond donors (Lipinski definition) is 0. The van der Waals surface area contributed by atoms with E-state index in [1.54, 1.807) is 6.92 Å². The lowest BCUT2D eigenvalue weighted by Crippen LogP contribution is -2.23. The van der Waals surface area contributed by atoms with Crippen molar-refractivity contribution in [1.82, 2.24) is 0 Å². The first-order chi connectivity index (χ1) is 23.8. The molecule has 0 aliphatic heterocycles. The molecule has 0 atom stereocenters. The molecule has 248 valence electrons. The topological polar surface area (TPSA) is 26.3 Å². The van der Waals surface area contributed by atoms with Gasteiger partial charge in [0.05, 0.1) is 6.61 Å². The number of esters is 1. The molecule has 0 spiro atoms. The van der Waals surface area contributed by atoms with E-state index in [2.05, 4.69) is 137 Å². The molecule has 0 N–H and O–H groups in total. The Balaban J connectivity index is 1.19. The van der Waals surface area contributed by atoms with E-state index in [-0.39, 0.29) is 16.8 Å².